The summed E-state index contributed by atoms with van der Waals surface area (Å²) < 4.78 is 0. The van der Waals surface area contributed by atoms with Gasteiger partial charge in [0.1, 0.15) is 0 Å². The molecule has 18 aromatic rings. The zero-order valence-electron chi connectivity index (χ0n) is 56.9. The lowest BCUT2D eigenvalue weighted by atomic mass is 9.99. The Morgan fingerprint density at radius 2 is 0.422 bits per heavy atom. The molecule has 18 aromatic carbocycles. The molecule has 0 aliphatic heterocycles. The third-order valence-corrected chi connectivity index (χ3v) is 20.1. The van der Waals surface area contributed by atoms with E-state index in [1.807, 2.05) is 0 Å². The van der Waals surface area contributed by atoms with Crippen molar-refractivity contribution in [1.29, 1.82) is 0 Å². The maximum atomic E-state index is 2.37. The first-order valence-electron chi connectivity index (χ1n) is 35.0. The van der Waals surface area contributed by atoms with Crippen LogP contribution in [0.15, 0.2) is 400 Å². The van der Waals surface area contributed by atoms with E-state index in [0.29, 0.717) is 0 Å². The van der Waals surface area contributed by atoms with Crippen molar-refractivity contribution in [3.8, 4) is 44.5 Å². The van der Waals surface area contributed by atoms with E-state index >= 15 is 0 Å². The average Bonchev–Trinajstić information content (AvgIpc) is 0.774. The van der Waals surface area contributed by atoms with E-state index in [4.69, 9.17) is 0 Å². The highest BCUT2D eigenvalue weighted by atomic mass is 15.2. The van der Waals surface area contributed by atoms with Crippen LogP contribution in [0.3, 0.4) is 0 Å². The summed E-state index contributed by atoms with van der Waals surface area (Å²) in [5.41, 5.74) is 21.0. The van der Waals surface area contributed by atoms with E-state index in [1.54, 1.807) is 0 Å². The molecule has 484 valence electrons. The molecular weight excluding hydrogens is 1230 g/mol. The first-order chi connectivity index (χ1) is 50.4. The lowest BCUT2D eigenvalue weighted by Crippen LogP contribution is -2.10. The van der Waals surface area contributed by atoms with Crippen LogP contribution in [0.5, 0.6) is 0 Å². The first-order valence-corrected chi connectivity index (χ1v) is 35.0. The highest BCUT2D eigenvalue weighted by Gasteiger charge is 2.20. The molecule has 0 aromatic heterocycles. The van der Waals surface area contributed by atoms with Crippen LogP contribution in [-0.2, 0) is 0 Å². The normalized spacial score (nSPS) is 11.2. The van der Waals surface area contributed by atoms with Crippen molar-refractivity contribution < 1.29 is 0 Å². The van der Waals surface area contributed by atoms with Crippen LogP contribution in [0.1, 0.15) is 0 Å². The molecule has 0 fully saturated rings. The Balaban J connectivity index is 0.000000152. The van der Waals surface area contributed by atoms with Gasteiger partial charge < -0.3 is 19.6 Å². The summed E-state index contributed by atoms with van der Waals surface area (Å²) in [4.78, 5) is 9.31. The Bertz CT molecular complexity index is 5930. The van der Waals surface area contributed by atoms with E-state index in [2.05, 4.69) is 434 Å². The van der Waals surface area contributed by atoms with E-state index in [-0.39, 0.29) is 0 Å². The minimum Gasteiger partial charge on any atom is -0.345 e. The summed E-state index contributed by atoms with van der Waals surface area (Å²) in [6.45, 7) is 0. The van der Waals surface area contributed by atoms with Gasteiger partial charge in [0.25, 0.3) is 0 Å². The molecule has 0 aliphatic carbocycles. The fourth-order valence-corrected chi connectivity index (χ4v) is 14.7. The molecule has 4 nitrogen and oxygen atoms in total. The van der Waals surface area contributed by atoms with Gasteiger partial charge in [-0.15, -0.1) is 0 Å². The number of rotatable bonds is 14. The fraction of sp³-hybridized carbons (Fsp3) is 0.0204. The van der Waals surface area contributed by atoms with Crippen molar-refractivity contribution in [1.82, 2.24) is 0 Å². The standard InChI is InChI=1S/2C49H36N2/c1-50(49-46-19-9-6-15-40(46)34-41-16-7-10-20-47(41)49)42-28-22-37(23-29-42)38-26-32-44(33-27-38)51(48-21-11-17-39-14-5-8-18-45(39)48)43-30-24-36(25-31-43)35-12-3-2-4-13-35;1-50(47-31-24-42-32-40-13-5-6-14-41(40)33-43(42)34-47)44-25-18-37(19-26-44)38-22-29-46(30-23-38)51(49-17-9-15-39-12-7-8-16-48(39)49)45-27-20-36(21-28-45)35-10-3-2-4-11-35/h2*2-34H,1H3. The van der Waals surface area contributed by atoms with Gasteiger partial charge in [-0.25, -0.2) is 0 Å². The number of benzene rings is 18. The minimum atomic E-state index is 1.11. The lowest BCUT2D eigenvalue weighted by molar-refractivity contribution is 1.21. The second-order valence-electron chi connectivity index (χ2n) is 26.2. The van der Waals surface area contributed by atoms with Gasteiger partial charge in [-0.05, 0) is 203 Å². The molecule has 0 bridgehead atoms. The molecule has 0 spiro atoms. The first kappa shape index (κ1) is 62.3. The van der Waals surface area contributed by atoms with Crippen molar-refractivity contribution in [2.45, 2.75) is 0 Å². The molecule has 0 saturated carbocycles. The maximum Gasteiger partial charge on any atom is 0.0567 e. The molecule has 102 heavy (non-hydrogen) atoms. The number of hydrogen-bond acceptors (Lipinski definition) is 4. The van der Waals surface area contributed by atoms with Crippen molar-refractivity contribution >= 4 is 122 Å². The highest BCUT2D eigenvalue weighted by Crippen LogP contribution is 2.44. The van der Waals surface area contributed by atoms with E-state index < -0.39 is 0 Å². The molecule has 0 aliphatic rings. The summed E-state index contributed by atoms with van der Waals surface area (Å²) in [6, 6.07) is 144. The van der Waals surface area contributed by atoms with E-state index in [0.717, 1.165) is 45.5 Å². The van der Waals surface area contributed by atoms with Gasteiger partial charge in [0, 0.05) is 75.5 Å². The molecule has 0 unspecified atom stereocenters. The third-order valence-electron chi connectivity index (χ3n) is 20.1. The molecule has 0 N–H and O–H groups in total. The molecule has 18 rings (SSSR count). The summed E-state index contributed by atoms with van der Waals surface area (Å²) in [5.74, 6) is 0. The number of hydrogen-bond donors (Lipinski definition) is 0. The maximum absolute atomic E-state index is 2.37. The predicted octanol–water partition coefficient (Wildman–Crippen LogP) is 27.4. The molecule has 0 amide bonds. The third kappa shape index (κ3) is 12.4. The van der Waals surface area contributed by atoms with Gasteiger partial charge >= 0.3 is 0 Å². The number of fused-ring (bicyclic) bond motifs is 6. The summed E-state index contributed by atoms with van der Waals surface area (Å²) >= 11 is 0. The highest BCUT2D eigenvalue weighted by molar-refractivity contribution is 6.13. The average molecular weight is 1310 g/mol. The fourth-order valence-electron chi connectivity index (χ4n) is 14.7. The van der Waals surface area contributed by atoms with Crippen LogP contribution in [0, 0.1) is 0 Å². The Kier molecular flexibility index (Phi) is 16.8. The van der Waals surface area contributed by atoms with E-state index in [1.165, 1.54) is 121 Å². The smallest absolute Gasteiger partial charge is 0.0567 e. The van der Waals surface area contributed by atoms with Crippen LogP contribution < -0.4 is 19.6 Å². The van der Waals surface area contributed by atoms with Gasteiger partial charge in [-0.3, -0.25) is 0 Å². The van der Waals surface area contributed by atoms with Crippen LogP contribution in [0.2, 0.25) is 0 Å². The number of nitrogens with zero attached hydrogens (tertiary/aromatic N) is 4. The largest absolute Gasteiger partial charge is 0.345 e. The topological polar surface area (TPSA) is 13.0 Å². The second-order valence-corrected chi connectivity index (χ2v) is 26.2. The summed E-state index contributed by atoms with van der Waals surface area (Å²) in [6.07, 6.45) is 0. The van der Waals surface area contributed by atoms with Crippen LogP contribution >= 0.6 is 0 Å². The zero-order valence-corrected chi connectivity index (χ0v) is 56.9. The Morgan fingerprint density at radius 3 is 0.814 bits per heavy atom. The van der Waals surface area contributed by atoms with Crippen molar-refractivity contribution in [3.63, 3.8) is 0 Å². The Hall–Kier alpha value is -13.3. The van der Waals surface area contributed by atoms with E-state index in [9.17, 15) is 0 Å². The molecule has 0 heterocycles. The zero-order chi connectivity index (χ0) is 68.3. The van der Waals surface area contributed by atoms with Crippen LogP contribution in [0.25, 0.3) is 109 Å². The molecule has 0 saturated heterocycles. The summed E-state index contributed by atoms with van der Waals surface area (Å²) in [7, 11) is 4.31. The van der Waals surface area contributed by atoms with Gasteiger partial charge in [0.2, 0.25) is 0 Å². The quantitative estimate of drug-likeness (QED) is 0.101. The van der Waals surface area contributed by atoms with Gasteiger partial charge in [-0.2, -0.15) is 0 Å². The Labute approximate surface area is 596 Å². The molecule has 0 radical (unpaired) electrons. The van der Waals surface area contributed by atoms with Crippen molar-refractivity contribution in [2.75, 3.05) is 33.7 Å². The van der Waals surface area contributed by atoms with Crippen LogP contribution in [0.4, 0.5) is 56.9 Å². The predicted molar refractivity (Wildman–Crippen MR) is 438 cm³/mol. The Morgan fingerprint density at radius 1 is 0.157 bits per heavy atom. The molecule has 4 heteroatoms. The van der Waals surface area contributed by atoms with Gasteiger partial charge in [-0.1, -0.05) is 285 Å². The van der Waals surface area contributed by atoms with Crippen molar-refractivity contribution in [3.05, 3.63) is 400 Å². The van der Waals surface area contributed by atoms with Crippen LogP contribution in [-0.4, -0.2) is 14.1 Å². The molecule has 0 atom stereocenters. The lowest BCUT2D eigenvalue weighted by Gasteiger charge is -2.27. The second kappa shape index (κ2) is 27.6. The minimum absolute atomic E-state index is 1.11. The SMILES string of the molecule is CN(c1ccc(-c2ccc(N(c3ccc(-c4ccccc4)cc3)c3cccc4ccccc34)cc2)cc1)c1c2ccccc2cc2ccccc12.CN(c1ccc(-c2ccc(N(c3ccc(-c4ccccc4)cc3)c3cccc4ccccc34)cc2)cc1)c1ccc2cc3ccccc3cc2c1. The van der Waals surface area contributed by atoms with Crippen molar-refractivity contribution in [2.24, 2.45) is 0 Å². The number of anilines is 10. The monoisotopic (exact) mass is 1300 g/mol. The van der Waals surface area contributed by atoms with Gasteiger partial charge in [0.15, 0.2) is 0 Å². The van der Waals surface area contributed by atoms with Gasteiger partial charge in [0.05, 0.1) is 17.1 Å². The summed E-state index contributed by atoms with van der Waals surface area (Å²) in [5, 5.41) is 14.9. The molecular formula is C98H72N4.